The summed E-state index contributed by atoms with van der Waals surface area (Å²) in [7, 11) is 0. The van der Waals surface area contributed by atoms with Crippen molar-refractivity contribution in [2.45, 2.75) is 32.6 Å². The summed E-state index contributed by atoms with van der Waals surface area (Å²) in [5, 5.41) is 0. The Morgan fingerprint density at radius 3 is 2.50 bits per heavy atom. The quantitative estimate of drug-likeness (QED) is 0.510. The van der Waals surface area contributed by atoms with Crippen LogP contribution in [-0.4, -0.2) is 4.43 Å². The van der Waals surface area contributed by atoms with Gasteiger partial charge in [0.1, 0.15) is 0 Å². The number of hydrogen-bond donors (Lipinski definition) is 0. The van der Waals surface area contributed by atoms with Gasteiger partial charge in [-0.2, -0.15) is 0 Å². The second kappa shape index (κ2) is 2.54. The van der Waals surface area contributed by atoms with E-state index >= 15 is 0 Å². The van der Waals surface area contributed by atoms with Crippen LogP contribution >= 0.6 is 22.6 Å². The van der Waals surface area contributed by atoms with Gasteiger partial charge >= 0.3 is 0 Å². The van der Waals surface area contributed by atoms with Crippen molar-refractivity contribution in [2.24, 2.45) is 5.41 Å². The molecule has 0 unspecified atom stereocenters. The molecule has 0 aromatic heterocycles. The molecule has 0 aliphatic heterocycles. The lowest BCUT2D eigenvalue weighted by atomic mass is 10.0. The van der Waals surface area contributed by atoms with Crippen molar-refractivity contribution in [3.8, 4) is 0 Å². The van der Waals surface area contributed by atoms with E-state index in [-0.39, 0.29) is 0 Å². The van der Waals surface area contributed by atoms with Gasteiger partial charge in [-0.25, -0.2) is 0 Å². The molecule has 0 spiro atoms. The third-order valence-electron chi connectivity index (χ3n) is 2.02. The fourth-order valence-corrected chi connectivity index (χ4v) is 1.34. The van der Waals surface area contributed by atoms with Crippen molar-refractivity contribution < 1.29 is 0 Å². The Labute approximate surface area is 65.2 Å². The Hall–Kier alpha value is 0.730. The van der Waals surface area contributed by atoms with Crippen LogP contribution in [0.2, 0.25) is 0 Å². The summed E-state index contributed by atoms with van der Waals surface area (Å²) in [6.07, 6.45) is 5.88. The molecule has 1 saturated carbocycles. The van der Waals surface area contributed by atoms with Crippen molar-refractivity contribution in [1.29, 1.82) is 0 Å². The molecule has 0 aromatic carbocycles. The van der Waals surface area contributed by atoms with Crippen LogP contribution in [0.3, 0.4) is 0 Å². The fourth-order valence-electron chi connectivity index (χ4n) is 0.957. The van der Waals surface area contributed by atoms with Crippen LogP contribution in [0.25, 0.3) is 0 Å². The maximum absolute atomic E-state index is 2.46. The molecule has 0 saturated heterocycles. The zero-order chi connectivity index (χ0) is 6.04. The molecule has 1 aliphatic carbocycles. The maximum Gasteiger partial charge on any atom is -0.000453 e. The van der Waals surface area contributed by atoms with Crippen LogP contribution in [0.1, 0.15) is 32.6 Å². The van der Waals surface area contributed by atoms with E-state index in [4.69, 9.17) is 0 Å². The second-order valence-corrected chi connectivity index (χ2v) is 4.18. The molecule has 0 radical (unpaired) electrons. The van der Waals surface area contributed by atoms with E-state index in [1.807, 2.05) is 0 Å². The molecule has 0 aromatic rings. The minimum Gasteiger partial charge on any atom is -0.0864 e. The number of hydrogen-bond acceptors (Lipinski definition) is 0. The average Bonchev–Trinajstić information content (AvgIpc) is 2.45. The van der Waals surface area contributed by atoms with E-state index in [1.54, 1.807) is 0 Å². The summed E-state index contributed by atoms with van der Waals surface area (Å²) >= 11 is 2.46. The molecule has 48 valence electrons. The second-order valence-electron chi connectivity index (χ2n) is 3.10. The third-order valence-corrected chi connectivity index (χ3v) is 2.78. The highest BCUT2D eigenvalue weighted by atomic mass is 127. The van der Waals surface area contributed by atoms with Gasteiger partial charge in [-0.15, -0.1) is 0 Å². The Balaban J connectivity index is 2.01. The predicted octanol–water partition coefficient (Wildman–Crippen LogP) is 3.00. The van der Waals surface area contributed by atoms with Crippen LogP contribution in [0.5, 0.6) is 0 Å². The number of halogens is 1. The first-order valence-electron chi connectivity index (χ1n) is 3.33. The SMILES string of the molecule is CC1(CCCI)CC1. The van der Waals surface area contributed by atoms with Gasteiger partial charge in [0.15, 0.2) is 0 Å². The van der Waals surface area contributed by atoms with Crippen LogP contribution in [-0.2, 0) is 0 Å². The lowest BCUT2D eigenvalue weighted by molar-refractivity contribution is 0.514. The normalized spacial score (nSPS) is 23.2. The van der Waals surface area contributed by atoms with E-state index in [2.05, 4.69) is 29.5 Å². The topological polar surface area (TPSA) is 0 Å². The summed E-state index contributed by atoms with van der Waals surface area (Å²) in [5.41, 5.74) is 0.797. The summed E-state index contributed by atoms with van der Waals surface area (Å²) in [4.78, 5) is 0. The molecule has 0 heterocycles. The van der Waals surface area contributed by atoms with Crippen molar-refractivity contribution in [2.75, 3.05) is 4.43 Å². The molecular weight excluding hydrogens is 211 g/mol. The van der Waals surface area contributed by atoms with Gasteiger partial charge in [0, 0.05) is 0 Å². The van der Waals surface area contributed by atoms with E-state index in [0.29, 0.717) is 0 Å². The number of rotatable bonds is 3. The molecule has 1 heteroatoms. The summed E-state index contributed by atoms with van der Waals surface area (Å²) in [5.74, 6) is 0. The van der Waals surface area contributed by atoms with Crippen LogP contribution in [0.4, 0.5) is 0 Å². The first-order chi connectivity index (χ1) is 3.77. The van der Waals surface area contributed by atoms with E-state index < -0.39 is 0 Å². The molecule has 1 rings (SSSR count). The van der Waals surface area contributed by atoms with Gasteiger partial charge in [0.25, 0.3) is 0 Å². The first kappa shape index (κ1) is 6.84. The highest BCUT2D eigenvalue weighted by Gasteiger charge is 2.35. The molecule has 0 atom stereocenters. The Morgan fingerprint density at radius 2 is 2.12 bits per heavy atom. The van der Waals surface area contributed by atoms with Crippen LogP contribution in [0, 0.1) is 5.41 Å². The van der Waals surface area contributed by atoms with Gasteiger partial charge in [-0.1, -0.05) is 29.5 Å². The van der Waals surface area contributed by atoms with Gasteiger partial charge < -0.3 is 0 Å². The van der Waals surface area contributed by atoms with Crippen molar-refractivity contribution >= 4 is 22.6 Å². The predicted molar refractivity (Wildman–Crippen MR) is 45.5 cm³/mol. The first-order valence-corrected chi connectivity index (χ1v) is 4.85. The van der Waals surface area contributed by atoms with Gasteiger partial charge in [-0.05, 0) is 35.5 Å². The zero-order valence-corrected chi connectivity index (χ0v) is 7.57. The van der Waals surface area contributed by atoms with E-state index in [1.165, 1.54) is 30.1 Å². The largest absolute Gasteiger partial charge is 0.0864 e. The highest BCUT2D eigenvalue weighted by Crippen LogP contribution is 2.48. The van der Waals surface area contributed by atoms with E-state index in [9.17, 15) is 0 Å². The summed E-state index contributed by atoms with van der Waals surface area (Å²) in [6, 6.07) is 0. The Morgan fingerprint density at radius 1 is 1.50 bits per heavy atom. The molecule has 8 heavy (non-hydrogen) atoms. The molecule has 0 bridgehead atoms. The lowest BCUT2D eigenvalue weighted by Crippen LogP contribution is -1.91. The molecule has 0 nitrogen and oxygen atoms in total. The average molecular weight is 224 g/mol. The van der Waals surface area contributed by atoms with Crippen LogP contribution in [0.15, 0.2) is 0 Å². The lowest BCUT2D eigenvalue weighted by Gasteiger charge is -2.03. The van der Waals surface area contributed by atoms with Crippen molar-refractivity contribution in [3.05, 3.63) is 0 Å². The molecule has 0 amide bonds. The van der Waals surface area contributed by atoms with Gasteiger partial charge in [0.05, 0.1) is 0 Å². The van der Waals surface area contributed by atoms with E-state index in [0.717, 1.165) is 5.41 Å². The van der Waals surface area contributed by atoms with Gasteiger partial charge in [0.2, 0.25) is 0 Å². The highest BCUT2D eigenvalue weighted by molar-refractivity contribution is 14.1. The summed E-state index contributed by atoms with van der Waals surface area (Å²) < 4.78 is 1.34. The van der Waals surface area contributed by atoms with Crippen LogP contribution < -0.4 is 0 Å². The standard InChI is InChI=1S/C7H13I/c1-7(4-5-7)3-2-6-8/h2-6H2,1H3. The summed E-state index contributed by atoms with van der Waals surface area (Å²) in [6.45, 7) is 2.40. The minimum atomic E-state index is 0.797. The molecule has 1 aliphatic rings. The Bertz CT molecular complexity index is 74.5. The smallest absolute Gasteiger partial charge is 0.000453 e. The number of alkyl halides is 1. The fraction of sp³-hybridized carbons (Fsp3) is 1.00. The van der Waals surface area contributed by atoms with Crippen molar-refractivity contribution in [1.82, 2.24) is 0 Å². The molecule has 1 fully saturated rings. The third kappa shape index (κ3) is 1.92. The monoisotopic (exact) mass is 224 g/mol. The minimum absolute atomic E-state index is 0.797. The molecule has 0 N–H and O–H groups in total. The van der Waals surface area contributed by atoms with Gasteiger partial charge in [-0.3, -0.25) is 0 Å². The maximum atomic E-state index is 2.46. The zero-order valence-electron chi connectivity index (χ0n) is 5.41. The molecular formula is C7H13I. The van der Waals surface area contributed by atoms with Crippen molar-refractivity contribution in [3.63, 3.8) is 0 Å². The Kier molecular flexibility index (Phi) is 2.18.